The van der Waals surface area contributed by atoms with Gasteiger partial charge in [-0.05, 0) is 30.0 Å². The van der Waals surface area contributed by atoms with Gasteiger partial charge in [-0.25, -0.2) is 0 Å². The molecule has 1 fully saturated rings. The molecule has 1 aliphatic rings. The zero-order chi connectivity index (χ0) is 13.7. The highest BCUT2D eigenvalue weighted by Crippen LogP contribution is 2.29. The smallest absolute Gasteiger partial charge is 0.323 e. The van der Waals surface area contributed by atoms with E-state index in [1.807, 2.05) is 30.3 Å². The number of nitriles is 1. The maximum atomic E-state index is 9.38. The number of rotatable bonds is 2. The Labute approximate surface area is 112 Å². The molecular weight excluding hydrogens is 240 g/mol. The van der Waals surface area contributed by atoms with Crippen LogP contribution in [0.3, 0.4) is 0 Å². The van der Waals surface area contributed by atoms with Gasteiger partial charge in [0.2, 0.25) is 5.84 Å². The molecule has 2 rings (SSSR count). The molecule has 0 unspecified atom stereocenters. The third-order valence-electron chi connectivity index (χ3n) is 3.36. The average Bonchev–Trinajstić information content (AvgIpc) is 2.48. The van der Waals surface area contributed by atoms with Crippen molar-refractivity contribution in [3.05, 3.63) is 35.9 Å². The Morgan fingerprint density at radius 2 is 1.95 bits per heavy atom. The minimum absolute atomic E-state index is 0.277. The molecule has 19 heavy (non-hydrogen) atoms. The molecule has 0 saturated carbocycles. The summed E-state index contributed by atoms with van der Waals surface area (Å²) in [6.07, 6.45) is 1.11. The molecule has 0 aromatic heterocycles. The Kier molecular flexibility index (Phi) is 3.93. The Bertz CT molecular complexity index is 524. The standard InChI is InChI=1S/C14H16N4O/c15-10-14(6-8-19-9-7-14)13(17)18-12(16)11-4-2-1-3-5-11/h1-5H,6-9H2,(H3,16,17,18)/p+1. The van der Waals surface area contributed by atoms with E-state index in [2.05, 4.69) is 11.1 Å². The number of nitrogens with zero attached hydrogens (tertiary/aromatic N) is 2. The van der Waals surface area contributed by atoms with Gasteiger partial charge in [-0.2, -0.15) is 5.26 Å². The van der Waals surface area contributed by atoms with Crippen LogP contribution in [-0.4, -0.2) is 24.9 Å². The Morgan fingerprint density at radius 1 is 1.32 bits per heavy atom. The van der Waals surface area contributed by atoms with Gasteiger partial charge < -0.3 is 10.5 Å². The van der Waals surface area contributed by atoms with Crippen LogP contribution in [0.4, 0.5) is 0 Å². The molecule has 4 N–H and O–H groups in total. The van der Waals surface area contributed by atoms with Crippen molar-refractivity contribution in [1.82, 2.24) is 0 Å². The number of benzene rings is 1. The fourth-order valence-electron chi connectivity index (χ4n) is 2.06. The van der Waals surface area contributed by atoms with Gasteiger partial charge in [-0.15, -0.1) is 0 Å². The molecule has 5 nitrogen and oxygen atoms in total. The SMILES string of the molecule is N#CC1(C(N)=NC(=[NH2+])c2ccccc2)CCOCC1. The van der Waals surface area contributed by atoms with E-state index < -0.39 is 5.41 Å². The molecule has 1 saturated heterocycles. The molecule has 0 spiro atoms. The van der Waals surface area contributed by atoms with Crippen LogP contribution in [0.5, 0.6) is 0 Å². The molecule has 0 atom stereocenters. The van der Waals surface area contributed by atoms with Crippen molar-refractivity contribution in [2.75, 3.05) is 13.2 Å². The van der Waals surface area contributed by atoms with E-state index in [-0.39, 0.29) is 5.84 Å². The molecule has 0 bridgehead atoms. The number of aliphatic imine (C=N–C) groups is 1. The molecule has 1 aromatic rings. The molecule has 98 valence electrons. The first-order chi connectivity index (χ1) is 9.18. The maximum Gasteiger partial charge on any atom is 0.323 e. The van der Waals surface area contributed by atoms with Crippen molar-refractivity contribution in [3.8, 4) is 6.07 Å². The van der Waals surface area contributed by atoms with Crippen LogP contribution in [0, 0.1) is 16.7 Å². The first kappa shape index (κ1) is 13.2. The number of hydrogen-bond donors (Lipinski definition) is 2. The van der Waals surface area contributed by atoms with Crippen molar-refractivity contribution < 1.29 is 10.1 Å². The topological polar surface area (TPSA) is 97.0 Å². The second kappa shape index (κ2) is 5.63. The van der Waals surface area contributed by atoms with Crippen molar-refractivity contribution in [2.45, 2.75) is 12.8 Å². The fourth-order valence-corrected chi connectivity index (χ4v) is 2.06. The number of ether oxygens (including phenoxy) is 1. The van der Waals surface area contributed by atoms with E-state index in [1.165, 1.54) is 0 Å². The van der Waals surface area contributed by atoms with Gasteiger partial charge in [-0.3, -0.25) is 5.41 Å². The van der Waals surface area contributed by atoms with Crippen LogP contribution < -0.4 is 11.1 Å². The average molecular weight is 257 g/mol. The summed E-state index contributed by atoms with van der Waals surface area (Å²) in [5, 5.41) is 15.3. The summed E-state index contributed by atoms with van der Waals surface area (Å²) in [5.74, 6) is 0.610. The maximum absolute atomic E-state index is 9.38. The summed E-state index contributed by atoms with van der Waals surface area (Å²) >= 11 is 0. The van der Waals surface area contributed by atoms with Crippen molar-refractivity contribution in [3.63, 3.8) is 0 Å². The summed E-state index contributed by atoms with van der Waals surface area (Å²) < 4.78 is 5.27. The van der Waals surface area contributed by atoms with Crippen LogP contribution in [0.1, 0.15) is 18.4 Å². The predicted molar refractivity (Wildman–Crippen MR) is 72.2 cm³/mol. The molecule has 0 amide bonds. The van der Waals surface area contributed by atoms with E-state index in [0.29, 0.717) is 31.9 Å². The second-order valence-corrected chi connectivity index (χ2v) is 4.55. The van der Waals surface area contributed by atoms with Crippen LogP contribution >= 0.6 is 0 Å². The highest BCUT2D eigenvalue weighted by atomic mass is 16.5. The summed E-state index contributed by atoms with van der Waals surface area (Å²) in [6, 6.07) is 11.6. The first-order valence-corrected chi connectivity index (χ1v) is 6.19. The lowest BCUT2D eigenvalue weighted by Crippen LogP contribution is -2.45. The highest BCUT2D eigenvalue weighted by Gasteiger charge is 2.40. The normalized spacial score (nSPS) is 18.6. The monoisotopic (exact) mass is 257 g/mol. The highest BCUT2D eigenvalue weighted by molar-refractivity contribution is 6.05. The quantitative estimate of drug-likeness (QED) is 0.570. The van der Waals surface area contributed by atoms with E-state index in [1.54, 1.807) is 0 Å². The summed E-state index contributed by atoms with van der Waals surface area (Å²) in [4.78, 5) is 4.22. The fraction of sp³-hybridized carbons (Fsp3) is 0.357. The molecule has 1 aromatic carbocycles. The predicted octanol–water partition coefficient (Wildman–Crippen LogP) is -0.130. The Balaban J connectivity index is 2.23. The summed E-state index contributed by atoms with van der Waals surface area (Å²) in [7, 11) is 0. The van der Waals surface area contributed by atoms with Crippen LogP contribution in [-0.2, 0) is 4.74 Å². The summed E-state index contributed by atoms with van der Waals surface area (Å²) in [5.41, 5.74) is 6.05. The minimum atomic E-state index is -0.752. The van der Waals surface area contributed by atoms with Gasteiger partial charge in [0, 0.05) is 13.2 Å². The lowest BCUT2D eigenvalue weighted by molar-refractivity contribution is -0.114. The third kappa shape index (κ3) is 2.80. The van der Waals surface area contributed by atoms with E-state index in [9.17, 15) is 5.26 Å². The van der Waals surface area contributed by atoms with E-state index in [0.717, 1.165) is 5.56 Å². The van der Waals surface area contributed by atoms with Gasteiger partial charge in [0.05, 0.1) is 11.6 Å². The van der Waals surface area contributed by atoms with Gasteiger partial charge >= 0.3 is 5.84 Å². The van der Waals surface area contributed by atoms with E-state index in [4.69, 9.17) is 15.9 Å². The van der Waals surface area contributed by atoms with Crippen molar-refractivity contribution in [2.24, 2.45) is 16.1 Å². The van der Waals surface area contributed by atoms with Gasteiger partial charge in [-0.1, -0.05) is 18.2 Å². The number of hydrogen-bond acceptors (Lipinski definition) is 2. The Hall–Kier alpha value is -2.19. The van der Waals surface area contributed by atoms with Gasteiger partial charge in [0.25, 0.3) is 0 Å². The van der Waals surface area contributed by atoms with Crippen molar-refractivity contribution in [1.29, 1.82) is 5.26 Å². The molecular formula is C14H17N4O+. The molecule has 0 aliphatic carbocycles. The molecule has 5 heteroatoms. The second-order valence-electron chi connectivity index (χ2n) is 4.55. The van der Waals surface area contributed by atoms with Gasteiger partial charge in [0.1, 0.15) is 5.41 Å². The van der Waals surface area contributed by atoms with Crippen LogP contribution in [0.15, 0.2) is 35.3 Å². The molecule has 1 aliphatic heterocycles. The zero-order valence-corrected chi connectivity index (χ0v) is 10.7. The van der Waals surface area contributed by atoms with Crippen molar-refractivity contribution >= 4 is 11.7 Å². The van der Waals surface area contributed by atoms with Crippen LogP contribution in [0.2, 0.25) is 0 Å². The van der Waals surface area contributed by atoms with Gasteiger partial charge in [0.15, 0.2) is 0 Å². The van der Waals surface area contributed by atoms with Crippen LogP contribution in [0.25, 0.3) is 0 Å². The largest absolute Gasteiger partial charge is 0.381 e. The molecule has 1 heterocycles. The van der Waals surface area contributed by atoms with E-state index >= 15 is 0 Å². The third-order valence-corrected chi connectivity index (χ3v) is 3.36. The minimum Gasteiger partial charge on any atom is -0.381 e. The lowest BCUT2D eigenvalue weighted by Gasteiger charge is -2.27. The Morgan fingerprint density at radius 3 is 2.53 bits per heavy atom. The zero-order valence-electron chi connectivity index (χ0n) is 10.7. The lowest BCUT2D eigenvalue weighted by atomic mass is 9.80. The molecule has 0 radical (unpaired) electrons. The summed E-state index contributed by atoms with van der Waals surface area (Å²) in [6.45, 7) is 1.05. The number of nitrogens with two attached hydrogens (primary N) is 2. The first-order valence-electron chi connectivity index (χ1n) is 6.19. The number of amidine groups is 2.